The van der Waals surface area contributed by atoms with Gasteiger partial charge in [-0.2, -0.15) is 0 Å². The van der Waals surface area contributed by atoms with E-state index in [9.17, 15) is 8.42 Å². The highest BCUT2D eigenvalue weighted by Gasteiger charge is 2.25. The maximum atomic E-state index is 11.5. The maximum Gasteiger partial charge on any atom is 0.200 e. The average molecular weight is 533 g/mol. The number of pyridine rings is 1. The third-order valence-electron chi connectivity index (χ3n) is 7.60. The minimum Gasteiger partial charge on any atom is -0.369 e. The molecular weight excluding hydrogens is 496 g/mol. The van der Waals surface area contributed by atoms with Crippen molar-refractivity contribution in [1.82, 2.24) is 14.5 Å². The number of nitrogens with one attached hydrogen (secondary N) is 1. The predicted octanol–water partition coefficient (Wildman–Crippen LogP) is 5.70. The Morgan fingerprint density at radius 2 is 1.82 bits per heavy atom. The molecule has 0 radical (unpaired) electrons. The Bertz CT molecular complexity index is 1540. The Balaban J connectivity index is 1.42. The van der Waals surface area contributed by atoms with Gasteiger partial charge < -0.3 is 20.5 Å². The number of nitrogens with zero attached hydrogens (tertiary/aromatic N) is 4. The first-order valence-corrected chi connectivity index (χ1v) is 15.2. The van der Waals surface area contributed by atoms with Crippen LogP contribution in [0.25, 0.3) is 11.0 Å². The summed E-state index contributed by atoms with van der Waals surface area (Å²) in [6, 6.07) is 16.2. The van der Waals surface area contributed by atoms with E-state index < -0.39 is 9.84 Å². The lowest BCUT2D eigenvalue weighted by Gasteiger charge is -2.29. The van der Waals surface area contributed by atoms with E-state index in [0.29, 0.717) is 18.3 Å². The van der Waals surface area contributed by atoms with Crippen LogP contribution in [0.15, 0.2) is 54.7 Å². The van der Waals surface area contributed by atoms with Crippen molar-refractivity contribution < 1.29 is 8.42 Å². The number of benzene rings is 2. The first kappa shape index (κ1) is 26.0. The molecule has 0 saturated heterocycles. The Morgan fingerprint density at radius 1 is 1.08 bits per heavy atom. The molecule has 1 saturated carbocycles. The topological polar surface area (TPSA) is 106 Å². The molecule has 1 aliphatic carbocycles. The van der Waals surface area contributed by atoms with Gasteiger partial charge in [0.15, 0.2) is 0 Å². The number of aryl methyl sites for hydroxylation is 2. The van der Waals surface area contributed by atoms with Gasteiger partial charge in [-0.3, -0.25) is 0 Å². The van der Waals surface area contributed by atoms with Crippen molar-refractivity contribution in [3.63, 3.8) is 0 Å². The number of hydrogen-bond acceptors (Lipinski definition) is 7. The zero-order valence-corrected chi connectivity index (χ0v) is 23.1. The lowest BCUT2D eigenvalue weighted by molar-refractivity contribution is 0.445. The minimum absolute atomic E-state index is 0.148. The number of anilines is 5. The van der Waals surface area contributed by atoms with Gasteiger partial charge in [-0.05, 0) is 61.1 Å². The second-order valence-corrected chi connectivity index (χ2v) is 12.6. The van der Waals surface area contributed by atoms with Crippen LogP contribution in [-0.2, 0) is 23.3 Å². The van der Waals surface area contributed by atoms with Gasteiger partial charge in [0.1, 0.15) is 15.7 Å². The van der Waals surface area contributed by atoms with Gasteiger partial charge in [-0.25, -0.2) is 18.4 Å². The zero-order valence-electron chi connectivity index (χ0n) is 22.3. The van der Waals surface area contributed by atoms with E-state index in [1.807, 2.05) is 54.2 Å². The molecule has 3 N–H and O–H groups in total. The normalized spacial score (nSPS) is 14.6. The standard InChI is InChI=1S/C29H36N6O2S/c1-34(24-13-14-25-28(33-29(30)35(25)2)27(24)21-7-5-4-6-8-21)23-15-17-31-26(19-23)32-22-11-9-20(10-12-22)16-18-38(3,36)37/h9-15,17,19,21H,4-8,16,18H2,1-3H3,(H2,30,33)(H,31,32). The van der Waals surface area contributed by atoms with Crippen molar-refractivity contribution in [2.45, 2.75) is 44.4 Å². The van der Waals surface area contributed by atoms with E-state index in [0.717, 1.165) is 39.5 Å². The predicted molar refractivity (Wildman–Crippen MR) is 156 cm³/mol. The van der Waals surface area contributed by atoms with E-state index in [1.54, 1.807) is 0 Å². The number of imidazole rings is 1. The quantitative estimate of drug-likeness (QED) is 0.300. The molecule has 0 bridgehead atoms. The Kier molecular flexibility index (Phi) is 7.29. The van der Waals surface area contributed by atoms with Crippen molar-refractivity contribution in [3.8, 4) is 0 Å². The average Bonchev–Trinajstić information content (AvgIpc) is 3.20. The van der Waals surface area contributed by atoms with Crippen LogP contribution >= 0.6 is 0 Å². The Morgan fingerprint density at radius 3 is 2.53 bits per heavy atom. The van der Waals surface area contributed by atoms with Gasteiger partial charge >= 0.3 is 0 Å². The highest BCUT2D eigenvalue weighted by Crippen LogP contribution is 2.43. The molecule has 5 rings (SSSR count). The Labute approximate surface area is 224 Å². The molecule has 4 aromatic rings. The summed E-state index contributed by atoms with van der Waals surface area (Å²) in [4.78, 5) is 11.5. The van der Waals surface area contributed by atoms with Crippen LogP contribution in [0.2, 0.25) is 0 Å². The lowest BCUT2D eigenvalue weighted by Crippen LogP contribution is -2.16. The molecular formula is C29H36N6O2S. The molecule has 0 unspecified atom stereocenters. The molecule has 0 aliphatic heterocycles. The molecule has 2 heterocycles. The van der Waals surface area contributed by atoms with E-state index in [4.69, 9.17) is 10.7 Å². The fourth-order valence-corrected chi connectivity index (χ4v) is 6.02. The smallest absolute Gasteiger partial charge is 0.200 e. The number of fused-ring (bicyclic) bond motifs is 1. The van der Waals surface area contributed by atoms with Gasteiger partial charge in [0.2, 0.25) is 5.95 Å². The molecule has 1 aliphatic rings. The van der Waals surface area contributed by atoms with Gasteiger partial charge in [0, 0.05) is 55.2 Å². The number of rotatable bonds is 8. The maximum absolute atomic E-state index is 11.5. The molecule has 200 valence electrons. The van der Waals surface area contributed by atoms with E-state index in [-0.39, 0.29) is 5.75 Å². The SMILES string of the molecule is CN(c1ccnc(Nc2ccc(CCS(C)(=O)=O)cc2)c1)c1ccc2c(nc(N)n2C)c1C1CCCCC1. The van der Waals surface area contributed by atoms with Crippen LogP contribution in [0, 0.1) is 0 Å². The van der Waals surface area contributed by atoms with E-state index in [2.05, 4.69) is 34.4 Å². The van der Waals surface area contributed by atoms with Crippen molar-refractivity contribution in [1.29, 1.82) is 0 Å². The lowest BCUT2D eigenvalue weighted by atomic mass is 9.82. The van der Waals surface area contributed by atoms with Gasteiger partial charge in [-0.15, -0.1) is 0 Å². The number of aromatic nitrogens is 3. The number of nitrogen functional groups attached to an aromatic ring is 1. The fourth-order valence-electron chi connectivity index (χ4n) is 5.41. The highest BCUT2D eigenvalue weighted by atomic mass is 32.2. The summed E-state index contributed by atoms with van der Waals surface area (Å²) < 4.78 is 24.9. The van der Waals surface area contributed by atoms with Gasteiger partial charge in [-0.1, -0.05) is 31.4 Å². The summed E-state index contributed by atoms with van der Waals surface area (Å²) in [6.07, 6.45) is 9.69. The fraction of sp³-hybridized carbons (Fsp3) is 0.379. The van der Waals surface area contributed by atoms with Gasteiger partial charge in [0.25, 0.3) is 0 Å². The number of hydrogen-bond donors (Lipinski definition) is 2. The largest absolute Gasteiger partial charge is 0.369 e. The van der Waals surface area contributed by atoms with Crippen molar-refractivity contribution >= 4 is 49.7 Å². The molecule has 0 spiro atoms. The van der Waals surface area contributed by atoms with E-state index in [1.165, 1.54) is 43.9 Å². The molecule has 0 amide bonds. The van der Waals surface area contributed by atoms with E-state index >= 15 is 0 Å². The molecule has 0 atom stereocenters. The van der Waals surface area contributed by atoms with Crippen LogP contribution in [0.4, 0.5) is 28.8 Å². The monoisotopic (exact) mass is 532 g/mol. The Hall–Kier alpha value is -3.59. The number of nitrogens with two attached hydrogens (primary N) is 1. The van der Waals surface area contributed by atoms with Gasteiger partial charge in [0.05, 0.1) is 16.8 Å². The molecule has 9 heteroatoms. The van der Waals surface area contributed by atoms with Crippen LogP contribution in [-0.4, -0.2) is 42.0 Å². The summed E-state index contributed by atoms with van der Waals surface area (Å²) in [6.45, 7) is 0. The summed E-state index contributed by atoms with van der Waals surface area (Å²) >= 11 is 0. The second kappa shape index (κ2) is 10.6. The van der Waals surface area contributed by atoms with Crippen LogP contribution in [0.5, 0.6) is 0 Å². The summed E-state index contributed by atoms with van der Waals surface area (Å²) in [5.74, 6) is 1.88. The summed E-state index contributed by atoms with van der Waals surface area (Å²) in [5.41, 5.74) is 13.6. The minimum atomic E-state index is -2.98. The molecule has 2 aromatic carbocycles. The molecule has 2 aromatic heterocycles. The molecule has 38 heavy (non-hydrogen) atoms. The molecule has 1 fully saturated rings. The summed E-state index contributed by atoms with van der Waals surface area (Å²) in [7, 11) is 1.08. The van der Waals surface area contributed by atoms with Crippen LogP contribution in [0.3, 0.4) is 0 Å². The third-order valence-corrected chi connectivity index (χ3v) is 8.54. The van der Waals surface area contributed by atoms with Crippen molar-refractivity contribution in [2.24, 2.45) is 7.05 Å². The number of sulfone groups is 1. The van der Waals surface area contributed by atoms with Crippen LogP contribution < -0.4 is 16.0 Å². The first-order valence-electron chi connectivity index (χ1n) is 13.2. The third kappa shape index (κ3) is 5.62. The van der Waals surface area contributed by atoms with Crippen molar-refractivity contribution in [2.75, 3.05) is 35.0 Å². The highest BCUT2D eigenvalue weighted by molar-refractivity contribution is 7.90. The first-order chi connectivity index (χ1) is 18.2. The molecule has 8 nitrogen and oxygen atoms in total. The summed E-state index contributed by atoms with van der Waals surface area (Å²) in [5, 5.41) is 3.38. The zero-order chi connectivity index (χ0) is 26.9. The second-order valence-electron chi connectivity index (χ2n) is 10.4. The van der Waals surface area contributed by atoms with Crippen molar-refractivity contribution in [3.05, 3.63) is 65.9 Å². The van der Waals surface area contributed by atoms with Crippen LogP contribution in [0.1, 0.15) is 49.1 Å².